The molecule has 0 aliphatic carbocycles. The normalized spacial score (nSPS) is 17.4. The van der Waals surface area contributed by atoms with Crippen LogP contribution in [0.4, 0.5) is 43.9 Å². The third-order valence-electron chi connectivity index (χ3n) is 2.26. The lowest BCUT2D eigenvalue weighted by Gasteiger charge is -2.38. The summed E-state index contributed by atoms with van der Waals surface area (Å²) in [5.41, 5.74) is 0. The summed E-state index contributed by atoms with van der Waals surface area (Å²) >= 11 is 0. The molecule has 122 valence electrons. The molecular formula is C9H10F10O. The summed E-state index contributed by atoms with van der Waals surface area (Å²) in [6, 6.07) is 0. The molecule has 0 amide bonds. The van der Waals surface area contributed by atoms with Crippen LogP contribution in [0.1, 0.15) is 19.8 Å². The van der Waals surface area contributed by atoms with Gasteiger partial charge in [0.25, 0.3) is 0 Å². The van der Waals surface area contributed by atoms with Gasteiger partial charge >= 0.3 is 30.3 Å². The van der Waals surface area contributed by atoms with E-state index in [4.69, 9.17) is 0 Å². The number of hydrogen-bond donors (Lipinski definition) is 0. The number of ether oxygens (including phenoxy) is 1. The van der Waals surface area contributed by atoms with Gasteiger partial charge in [-0.05, 0) is 6.42 Å². The first-order valence-corrected chi connectivity index (χ1v) is 5.19. The lowest BCUT2D eigenvalue weighted by atomic mass is 10.0. The van der Waals surface area contributed by atoms with Crippen LogP contribution < -0.4 is 0 Å². The monoisotopic (exact) mass is 324 g/mol. The molecule has 0 aromatic carbocycles. The first-order chi connectivity index (χ1) is 8.75. The van der Waals surface area contributed by atoms with E-state index in [-0.39, 0.29) is 12.8 Å². The van der Waals surface area contributed by atoms with Crippen LogP contribution in [-0.2, 0) is 4.74 Å². The van der Waals surface area contributed by atoms with Gasteiger partial charge in [-0.3, -0.25) is 0 Å². The summed E-state index contributed by atoms with van der Waals surface area (Å²) in [6.45, 7) is 0.0530. The Morgan fingerprint density at radius 2 is 1.35 bits per heavy atom. The van der Waals surface area contributed by atoms with E-state index in [1.165, 1.54) is 6.92 Å². The van der Waals surface area contributed by atoms with Crippen LogP contribution in [0.5, 0.6) is 0 Å². The predicted octanol–water partition coefficient (Wildman–Crippen LogP) is 4.57. The minimum absolute atomic E-state index is 0.0634. The van der Waals surface area contributed by atoms with Crippen molar-refractivity contribution >= 4 is 0 Å². The topological polar surface area (TPSA) is 9.23 Å². The third-order valence-corrected chi connectivity index (χ3v) is 2.26. The van der Waals surface area contributed by atoms with E-state index < -0.39 is 36.9 Å². The molecule has 0 spiro atoms. The highest BCUT2D eigenvalue weighted by Gasteiger charge is 2.83. The number of rotatable bonds is 7. The second-order valence-corrected chi connectivity index (χ2v) is 3.79. The van der Waals surface area contributed by atoms with Gasteiger partial charge in [0.1, 0.15) is 0 Å². The second kappa shape index (κ2) is 5.94. The summed E-state index contributed by atoms with van der Waals surface area (Å²) in [5.74, 6) is -19.4. The minimum atomic E-state index is -6.83. The fraction of sp³-hybridized carbons (Fsp3) is 1.00. The van der Waals surface area contributed by atoms with Crippen LogP contribution in [0.2, 0.25) is 0 Å². The van der Waals surface area contributed by atoms with Crippen LogP contribution in [0.15, 0.2) is 0 Å². The molecule has 11 heteroatoms. The lowest BCUT2D eigenvalue weighted by Crippen LogP contribution is -2.67. The van der Waals surface area contributed by atoms with Gasteiger partial charge in [-0.25, -0.2) is 8.78 Å². The van der Waals surface area contributed by atoms with Crippen molar-refractivity contribution in [3.63, 3.8) is 0 Å². The Morgan fingerprint density at radius 3 is 1.65 bits per heavy atom. The van der Waals surface area contributed by atoms with Crippen LogP contribution >= 0.6 is 0 Å². The quantitative estimate of drug-likeness (QED) is 0.492. The maximum absolute atomic E-state index is 13.5. The largest absolute Gasteiger partial charge is 0.459 e. The molecule has 0 aromatic heterocycles. The molecular weight excluding hydrogens is 314 g/mol. The predicted molar refractivity (Wildman–Crippen MR) is 46.7 cm³/mol. The van der Waals surface area contributed by atoms with Crippen molar-refractivity contribution in [1.29, 1.82) is 0 Å². The number of unbranched alkanes of at least 4 members (excludes halogenated alkanes) is 1. The molecule has 0 radical (unpaired) electrons. The summed E-state index contributed by atoms with van der Waals surface area (Å²) in [4.78, 5) is 0. The average Bonchev–Trinajstić information content (AvgIpc) is 2.26. The van der Waals surface area contributed by atoms with Crippen LogP contribution in [0.3, 0.4) is 0 Å². The van der Waals surface area contributed by atoms with Crippen molar-refractivity contribution in [3.05, 3.63) is 0 Å². The van der Waals surface area contributed by atoms with Crippen LogP contribution in [0, 0.1) is 0 Å². The van der Waals surface area contributed by atoms with E-state index in [9.17, 15) is 43.9 Å². The fourth-order valence-electron chi connectivity index (χ4n) is 1.08. The Labute approximate surface area is 106 Å². The van der Waals surface area contributed by atoms with Gasteiger partial charge in [-0.2, -0.15) is 35.1 Å². The summed E-state index contributed by atoms with van der Waals surface area (Å²) in [6.07, 6.45) is -12.2. The smallest absolute Gasteiger partial charge is 0.336 e. The summed E-state index contributed by atoms with van der Waals surface area (Å²) in [7, 11) is 0. The molecule has 0 heterocycles. The van der Waals surface area contributed by atoms with Gasteiger partial charge < -0.3 is 4.74 Å². The van der Waals surface area contributed by atoms with Crippen molar-refractivity contribution in [3.8, 4) is 0 Å². The second-order valence-electron chi connectivity index (χ2n) is 3.79. The number of hydrogen-bond acceptors (Lipinski definition) is 1. The van der Waals surface area contributed by atoms with Gasteiger partial charge in [-0.1, -0.05) is 13.3 Å². The summed E-state index contributed by atoms with van der Waals surface area (Å²) < 4.78 is 128. The highest BCUT2D eigenvalue weighted by molar-refractivity contribution is 5.02. The Morgan fingerprint density at radius 1 is 0.900 bits per heavy atom. The minimum Gasteiger partial charge on any atom is -0.336 e. The maximum atomic E-state index is 13.5. The number of alkyl halides is 10. The molecule has 0 N–H and O–H groups in total. The maximum Gasteiger partial charge on any atom is 0.459 e. The molecule has 0 aliphatic rings. The van der Waals surface area contributed by atoms with E-state index in [1.807, 2.05) is 0 Å². The SMILES string of the molecule is CCCCOC(F)(C(F)(F)C(F)F)C(F)(F)C(F)(F)F. The van der Waals surface area contributed by atoms with Crippen molar-refractivity contribution in [1.82, 2.24) is 0 Å². The lowest BCUT2D eigenvalue weighted by molar-refractivity contribution is -0.440. The van der Waals surface area contributed by atoms with Crippen LogP contribution in [0.25, 0.3) is 0 Å². The number of halogens is 10. The third kappa shape index (κ3) is 3.12. The van der Waals surface area contributed by atoms with Gasteiger partial charge in [-0.15, -0.1) is 0 Å². The van der Waals surface area contributed by atoms with E-state index in [1.54, 1.807) is 0 Å². The summed E-state index contributed by atoms with van der Waals surface area (Å²) in [5, 5.41) is 0. The first kappa shape index (κ1) is 19.3. The zero-order valence-electron chi connectivity index (χ0n) is 9.89. The highest BCUT2D eigenvalue weighted by Crippen LogP contribution is 2.54. The Kier molecular flexibility index (Phi) is 5.72. The Balaban J connectivity index is 5.71. The molecule has 0 saturated heterocycles. The van der Waals surface area contributed by atoms with E-state index >= 15 is 0 Å². The molecule has 0 bridgehead atoms. The standard InChI is InChI=1S/C9H10F10O/c1-2-3-4-20-8(16,6(12,13)5(10)11)7(14,15)9(17,18)19/h5H,2-4H2,1H3. The van der Waals surface area contributed by atoms with E-state index in [0.29, 0.717) is 0 Å². The van der Waals surface area contributed by atoms with E-state index in [0.717, 1.165) is 0 Å². The van der Waals surface area contributed by atoms with Gasteiger partial charge in [0, 0.05) is 0 Å². The molecule has 0 aromatic rings. The molecule has 1 nitrogen and oxygen atoms in total. The highest BCUT2D eigenvalue weighted by atomic mass is 19.4. The first-order valence-electron chi connectivity index (χ1n) is 5.19. The van der Waals surface area contributed by atoms with Crippen molar-refractivity contribution in [2.45, 2.75) is 50.1 Å². The molecule has 0 aliphatic heterocycles. The zero-order chi connectivity index (χ0) is 16.4. The van der Waals surface area contributed by atoms with Gasteiger partial charge in [0.2, 0.25) is 0 Å². The fourth-order valence-corrected chi connectivity index (χ4v) is 1.08. The average molecular weight is 324 g/mol. The molecule has 0 rings (SSSR count). The van der Waals surface area contributed by atoms with Crippen molar-refractivity contribution < 1.29 is 48.6 Å². The Bertz CT molecular complexity index is 312. The molecule has 1 atom stereocenters. The zero-order valence-corrected chi connectivity index (χ0v) is 9.89. The van der Waals surface area contributed by atoms with E-state index in [2.05, 4.69) is 4.74 Å². The molecule has 0 saturated carbocycles. The Hall–Kier alpha value is -0.740. The van der Waals surface area contributed by atoms with Crippen molar-refractivity contribution in [2.24, 2.45) is 0 Å². The molecule has 0 fully saturated rings. The van der Waals surface area contributed by atoms with Gasteiger partial charge in [0.05, 0.1) is 6.61 Å². The van der Waals surface area contributed by atoms with Crippen molar-refractivity contribution in [2.75, 3.05) is 6.61 Å². The van der Waals surface area contributed by atoms with Gasteiger partial charge in [0.15, 0.2) is 0 Å². The van der Waals surface area contributed by atoms with Crippen LogP contribution in [-0.4, -0.2) is 36.9 Å². The molecule has 20 heavy (non-hydrogen) atoms. The molecule has 1 unspecified atom stereocenters.